The minimum absolute atomic E-state index is 0.687. The van der Waals surface area contributed by atoms with Crippen LogP contribution in [0.2, 0.25) is 0 Å². The van der Waals surface area contributed by atoms with Crippen LogP contribution in [0.4, 0.5) is 0 Å². The summed E-state index contributed by atoms with van der Waals surface area (Å²) in [6.45, 7) is 7.31. The molecule has 33 heavy (non-hydrogen) atoms. The van der Waals surface area contributed by atoms with Crippen molar-refractivity contribution in [2.24, 2.45) is 5.41 Å². The summed E-state index contributed by atoms with van der Waals surface area (Å²) in [5.41, 5.74) is 0.687. The van der Waals surface area contributed by atoms with Crippen LogP contribution in [0.25, 0.3) is 0 Å². The number of nitrogens with zero attached hydrogens (tertiary/aromatic N) is 1. The SMILES string of the molecule is CCCCCC=CCC=CCCCCCCCCC1(CCCCCCCCCC)CN(C)C1. The molecule has 1 nitrogen and oxygen atoms in total. The first-order valence-electron chi connectivity index (χ1n) is 15.2. The predicted molar refractivity (Wildman–Crippen MR) is 151 cm³/mol. The van der Waals surface area contributed by atoms with Gasteiger partial charge >= 0.3 is 0 Å². The standard InChI is InChI=1S/C32H61N/c1-4-6-8-10-12-14-15-16-17-18-19-20-21-23-25-27-29-32(30-33(3)31-32)28-26-24-22-13-11-9-7-5-2/h12,14,16-17H,4-11,13,15,18-31H2,1-3H3. The van der Waals surface area contributed by atoms with Crippen LogP contribution >= 0.6 is 0 Å². The molecule has 0 N–H and O–H groups in total. The van der Waals surface area contributed by atoms with E-state index >= 15 is 0 Å². The average Bonchev–Trinajstić information content (AvgIpc) is 2.79. The van der Waals surface area contributed by atoms with Gasteiger partial charge in [-0.15, -0.1) is 0 Å². The molecule has 0 aromatic rings. The maximum atomic E-state index is 2.54. The molecule has 1 aliphatic rings. The van der Waals surface area contributed by atoms with E-state index in [4.69, 9.17) is 0 Å². The number of likely N-dealkylation sites (tertiary alicyclic amines) is 1. The molecule has 0 unspecified atom stereocenters. The van der Waals surface area contributed by atoms with Crippen molar-refractivity contribution >= 4 is 0 Å². The van der Waals surface area contributed by atoms with E-state index in [2.05, 4.69) is 50.1 Å². The van der Waals surface area contributed by atoms with Crippen molar-refractivity contribution in [1.29, 1.82) is 0 Å². The Morgan fingerprint density at radius 2 is 0.909 bits per heavy atom. The van der Waals surface area contributed by atoms with Crippen molar-refractivity contribution in [1.82, 2.24) is 4.90 Å². The van der Waals surface area contributed by atoms with Crippen molar-refractivity contribution in [2.75, 3.05) is 20.1 Å². The van der Waals surface area contributed by atoms with Crippen LogP contribution in [0.15, 0.2) is 24.3 Å². The van der Waals surface area contributed by atoms with Crippen LogP contribution in [0.3, 0.4) is 0 Å². The summed E-state index contributed by atoms with van der Waals surface area (Å²) in [7, 11) is 2.31. The highest BCUT2D eigenvalue weighted by atomic mass is 15.2. The van der Waals surface area contributed by atoms with Gasteiger partial charge in [-0.3, -0.25) is 0 Å². The van der Waals surface area contributed by atoms with Crippen molar-refractivity contribution in [3.8, 4) is 0 Å². The second kappa shape index (κ2) is 21.9. The predicted octanol–water partition coefficient (Wildman–Crippen LogP) is 10.7. The summed E-state index contributed by atoms with van der Waals surface area (Å²) in [5, 5.41) is 0. The molecule has 1 aliphatic heterocycles. The van der Waals surface area contributed by atoms with Gasteiger partial charge in [0.1, 0.15) is 0 Å². The molecule has 0 aliphatic carbocycles. The number of hydrogen-bond acceptors (Lipinski definition) is 1. The van der Waals surface area contributed by atoms with E-state index in [1.165, 1.54) is 148 Å². The molecule has 1 saturated heterocycles. The Morgan fingerprint density at radius 1 is 0.515 bits per heavy atom. The van der Waals surface area contributed by atoms with Crippen molar-refractivity contribution in [3.05, 3.63) is 24.3 Å². The molecular formula is C32H61N. The molecule has 1 heteroatoms. The number of hydrogen-bond donors (Lipinski definition) is 0. The van der Waals surface area contributed by atoms with Crippen molar-refractivity contribution in [2.45, 2.75) is 155 Å². The Morgan fingerprint density at radius 3 is 1.39 bits per heavy atom. The molecule has 0 amide bonds. The zero-order valence-corrected chi connectivity index (χ0v) is 23.2. The largest absolute Gasteiger partial charge is 0.305 e. The third kappa shape index (κ3) is 17.5. The summed E-state index contributed by atoms with van der Waals surface area (Å²) in [6.07, 6.45) is 40.4. The van der Waals surface area contributed by atoms with E-state index in [9.17, 15) is 0 Å². The molecule has 0 radical (unpaired) electrons. The molecule has 0 bridgehead atoms. The second-order valence-corrected chi connectivity index (χ2v) is 11.2. The van der Waals surface area contributed by atoms with Gasteiger partial charge in [0, 0.05) is 13.1 Å². The summed E-state index contributed by atoms with van der Waals surface area (Å²) >= 11 is 0. The van der Waals surface area contributed by atoms with Crippen LogP contribution < -0.4 is 0 Å². The monoisotopic (exact) mass is 459 g/mol. The Bertz CT molecular complexity index is 457. The summed E-state index contributed by atoms with van der Waals surface area (Å²) < 4.78 is 0. The lowest BCUT2D eigenvalue weighted by atomic mass is 9.72. The fourth-order valence-electron chi connectivity index (χ4n) is 5.66. The van der Waals surface area contributed by atoms with Gasteiger partial charge in [-0.2, -0.15) is 0 Å². The number of rotatable bonds is 24. The zero-order chi connectivity index (χ0) is 23.9. The maximum Gasteiger partial charge on any atom is 0.00474 e. The van der Waals surface area contributed by atoms with E-state index < -0.39 is 0 Å². The second-order valence-electron chi connectivity index (χ2n) is 11.2. The minimum atomic E-state index is 0.687. The van der Waals surface area contributed by atoms with Crippen LogP contribution in [-0.2, 0) is 0 Å². The maximum absolute atomic E-state index is 2.54. The molecule has 1 fully saturated rings. The summed E-state index contributed by atoms with van der Waals surface area (Å²) in [6, 6.07) is 0. The van der Waals surface area contributed by atoms with Crippen molar-refractivity contribution < 1.29 is 0 Å². The highest BCUT2D eigenvalue weighted by molar-refractivity contribution is 4.93. The van der Waals surface area contributed by atoms with Crippen molar-refractivity contribution in [3.63, 3.8) is 0 Å². The summed E-state index contributed by atoms with van der Waals surface area (Å²) in [4.78, 5) is 2.54. The van der Waals surface area contributed by atoms with Crippen LogP contribution in [0, 0.1) is 5.41 Å². The van der Waals surface area contributed by atoms with Crippen LogP contribution in [0.5, 0.6) is 0 Å². The lowest BCUT2D eigenvalue weighted by molar-refractivity contribution is 0.00256. The van der Waals surface area contributed by atoms with E-state index in [1.54, 1.807) is 0 Å². The molecule has 0 spiro atoms. The van der Waals surface area contributed by atoms with Gasteiger partial charge in [-0.25, -0.2) is 0 Å². The van der Waals surface area contributed by atoms with Crippen LogP contribution in [-0.4, -0.2) is 25.0 Å². The fourth-order valence-corrected chi connectivity index (χ4v) is 5.66. The van der Waals surface area contributed by atoms with Gasteiger partial charge in [0.25, 0.3) is 0 Å². The smallest absolute Gasteiger partial charge is 0.00474 e. The molecule has 0 aromatic heterocycles. The van der Waals surface area contributed by atoms with E-state index in [-0.39, 0.29) is 0 Å². The highest BCUT2D eigenvalue weighted by Gasteiger charge is 2.39. The lowest BCUT2D eigenvalue weighted by Gasteiger charge is -2.49. The highest BCUT2D eigenvalue weighted by Crippen LogP contribution is 2.39. The molecule has 0 atom stereocenters. The normalized spacial score (nSPS) is 16.2. The third-order valence-electron chi connectivity index (χ3n) is 7.68. The molecule has 1 rings (SSSR count). The first-order chi connectivity index (χ1) is 16.2. The van der Waals surface area contributed by atoms with E-state index in [0.717, 1.165) is 6.42 Å². The molecule has 1 heterocycles. The topological polar surface area (TPSA) is 3.24 Å². The minimum Gasteiger partial charge on any atom is -0.305 e. The third-order valence-corrected chi connectivity index (χ3v) is 7.68. The van der Waals surface area contributed by atoms with Gasteiger partial charge in [-0.1, -0.05) is 134 Å². The average molecular weight is 460 g/mol. The van der Waals surface area contributed by atoms with Gasteiger partial charge in [0.2, 0.25) is 0 Å². The van der Waals surface area contributed by atoms with Gasteiger partial charge in [0.05, 0.1) is 0 Å². The van der Waals surface area contributed by atoms with Crippen LogP contribution in [0.1, 0.15) is 155 Å². The van der Waals surface area contributed by atoms with Gasteiger partial charge in [-0.05, 0) is 57.4 Å². The number of unbranched alkanes of at least 4 members (excludes halogenated alkanes) is 16. The van der Waals surface area contributed by atoms with E-state index in [0.29, 0.717) is 5.41 Å². The Hall–Kier alpha value is -0.560. The fraction of sp³-hybridized carbons (Fsp3) is 0.875. The first kappa shape index (κ1) is 30.5. The van der Waals surface area contributed by atoms with E-state index in [1.807, 2.05) is 0 Å². The lowest BCUT2D eigenvalue weighted by Crippen LogP contribution is -2.54. The van der Waals surface area contributed by atoms with Gasteiger partial charge < -0.3 is 4.90 Å². The molecular weight excluding hydrogens is 398 g/mol. The Labute approximate surface area is 209 Å². The molecule has 0 saturated carbocycles. The molecule has 194 valence electrons. The molecule has 0 aromatic carbocycles. The summed E-state index contributed by atoms with van der Waals surface area (Å²) in [5.74, 6) is 0. The zero-order valence-electron chi connectivity index (χ0n) is 23.2. The Balaban J connectivity index is 1.93. The van der Waals surface area contributed by atoms with Gasteiger partial charge in [0.15, 0.2) is 0 Å². The first-order valence-corrected chi connectivity index (χ1v) is 15.2. The Kier molecular flexibility index (Phi) is 20.3. The number of allylic oxidation sites excluding steroid dienone is 4. The quantitative estimate of drug-likeness (QED) is 0.102.